The van der Waals surface area contributed by atoms with E-state index in [2.05, 4.69) is 10.7 Å². The molecule has 0 aliphatic heterocycles. The number of halogens is 4. The van der Waals surface area contributed by atoms with Crippen LogP contribution in [-0.4, -0.2) is 29.2 Å². The Kier molecular flexibility index (Phi) is 12.4. The van der Waals surface area contributed by atoms with E-state index in [9.17, 15) is 18.0 Å². The summed E-state index contributed by atoms with van der Waals surface area (Å²) in [5.41, 5.74) is 0. The van der Waals surface area contributed by atoms with Gasteiger partial charge in [0.2, 0.25) is 0 Å². The molecule has 0 aromatic rings. The minimum Gasteiger partial charge on any atom is -0.467 e. The summed E-state index contributed by atoms with van der Waals surface area (Å²) < 4.78 is 39.3. The lowest BCUT2D eigenvalue weighted by Gasteiger charge is -2.23. The molecular formula is C12H16ClF3O4S. The van der Waals surface area contributed by atoms with Gasteiger partial charge in [0.1, 0.15) is 0 Å². The van der Waals surface area contributed by atoms with Crippen molar-refractivity contribution in [1.29, 1.82) is 0 Å². The molecule has 0 spiro atoms. The molecule has 0 aliphatic carbocycles. The first-order valence-corrected chi connectivity index (χ1v) is 7.19. The van der Waals surface area contributed by atoms with Gasteiger partial charge in [-0.1, -0.05) is 11.6 Å². The molecule has 9 heteroatoms. The number of ether oxygens (including phenoxy) is 1. The normalized spacial score (nSPS) is 13.3. The Labute approximate surface area is 130 Å². The fraction of sp³-hybridized carbons (Fsp3) is 0.750. The highest BCUT2D eigenvalue weighted by Crippen LogP contribution is 2.38. The highest BCUT2D eigenvalue weighted by Gasteiger charge is 2.39. The van der Waals surface area contributed by atoms with Gasteiger partial charge in [-0.2, -0.15) is 13.2 Å². The lowest BCUT2D eigenvalue weighted by molar-refractivity contribution is -0.141. The van der Waals surface area contributed by atoms with Crippen molar-refractivity contribution in [2.75, 3.05) is 12.9 Å². The molecule has 122 valence electrons. The average Bonchev–Trinajstić information content (AvgIpc) is 2.43. The molecule has 0 aromatic heterocycles. The van der Waals surface area contributed by atoms with Gasteiger partial charge >= 0.3 is 12.1 Å². The number of carbonyl (C=O) groups is 1. The molecular weight excluding hydrogens is 333 g/mol. The van der Waals surface area contributed by atoms with E-state index in [1.165, 1.54) is 0 Å². The van der Waals surface area contributed by atoms with Gasteiger partial charge in [-0.05, 0) is 19.3 Å². The van der Waals surface area contributed by atoms with Gasteiger partial charge in [0.25, 0.3) is 0 Å². The van der Waals surface area contributed by atoms with Crippen LogP contribution in [0.15, 0.2) is 0 Å². The molecule has 0 saturated heterocycles. The van der Waals surface area contributed by atoms with Gasteiger partial charge < -0.3 is 4.74 Å². The third-order valence-electron chi connectivity index (χ3n) is 2.28. The van der Waals surface area contributed by atoms with Gasteiger partial charge in [0, 0.05) is 22.1 Å². The predicted octanol–water partition coefficient (Wildman–Crippen LogP) is 4.04. The number of unbranched alkanes of at least 4 members (excludes halogenated alkanes) is 2. The summed E-state index contributed by atoms with van der Waals surface area (Å²) in [7, 11) is 1.16. The van der Waals surface area contributed by atoms with E-state index in [-0.39, 0.29) is 12.2 Å². The van der Waals surface area contributed by atoms with Crippen LogP contribution in [0.4, 0.5) is 13.2 Å². The molecule has 1 unspecified atom stereocenters. The van der Waals surface area contributed by atoms with Crippen LogP contribution in [0.5, 0.6) is 0 Å². The second-order valence-electron chi connectivity index (χ2n) is 3.84. The largest absolute Gasteiger partial charge is 0.467 e. The summed E-state index contributed by atoms with van der Waals surface area (Å²) in [6.45, 7) is 0. The molecule has 0 bridgehead atoms. The number of carbonyl (C=O) groups excluding carboxylic acids is 1. The molecule has 0 N–H and O–H groups in total. The summed E-state index contributed by atoms with van der Waals surface area (Å²) in [5, 5.41) is 0. The Morgan fingerprint density at radius 3 is 2.29 bits per heavy atom. The SMILES string of the molecule is C#CCCCCC(Cl)(SCCC(F)(F)F)C(=O)OC.O=O. The number of hydrogen-bond donors (Lipinski definition) is 0. The lowest BCUT2D eigenvalue weighted by atomic mass is 10.1. The van der Waals surface area contributed by atoms with Gasteiger partial charge in [0.15, 0.2) is 4.21 Å². The fourth-order valence-corrected chi connectivity index (χ4v) is 2.88. The fourth-order valence-electron chi connectivity index (χ4n) is 1.29. The van der Waals surface area contributed by atoms with Gasteiger partial charge in [-0.25, -0.2) is 4.79 Å². The van der Waals surface area contributed by atoms with E-state index < -0.39 is 22.8 Å². The lowest BCUT2D eigenvalue weighted by Crippen LogP contribution is -2.31. The molecule has 1 atom stereocenters. The van der Waals surface area contributed by atoms with Crippen molar-refractivity contribution in [3.8, 4) is 12.3 Å². The molecule has 0 aromatic carbocycles. The molecule has 0 heterocycles. The third-order valence-corrected chi connectivity index (χ3v) is 4.18. The van der Waals surface area contributed by atoms with Crippen molar-refractivity contribution in [3.63, 3.8) is 0 Å². The minimum absolute atomic E-state index is 0.228. The number of thioether (sulfide) groups is 1. The van der Waals surface area contributed by atoms with Crippen LogP contribution in [0.2, 0.25) is 0 Å². The highest BCUT2D eigenvalue weighted by molar-refractivity contribution is 8.02. The zero-order chi connectivity index (χ0) is 16.9. The molecule has 0 saturated carbocycles. The first-order chi connectivity index (χ1) is 9.75. The Balaban J connectivity index is 0. The Hall–Kier alpha value is -0.940. The van der Waals surface area contributed by atoms with Crippen molar-refractivity contribution in [3.05, 3.63) is 9.93 Å². The maximum absolute atomic E-state index is 12.1. The zero-order valence-electron chi connectivity index (χ0n) is 11.4. The third kappa shape index (κ3) is 11.4. The number of terminal acetylenes is 1. The van der Waals surface area contributed by atoms with Crippen LogP contribution in [0.25, 0.3) is 0 Å². The molecule has 0 fully saturated rings. The summed E-state index contributed by atoms with van der Waals surface area (Å²) in [5.74, 6) is 1.44. The smallest absolute Gasteiger partial charge is 0.389 e. The monoisotopic (exact) mass is 348 g/mol. The second-order valence-corrected chi connectivity index (χ2v) is 6.11. The standard InChI is InChI=1S/C12H16ClF3O2S.O2/c1-3-4-5-6-7-11(13,10(17)18-2)19-9-8-12(14,15)16;1-2/h1H,4-9H2,2H3;. The molecule has 4 nitrogen and oxygen atoms in total. The Morgan fingerprint density at radius 2 is 1.86 bits per heavy atom. The van der Waals surface area contributed by atoms with Crippen molar-refractivity contribution in [2.24, 2.45) is 0 Å². The Bertz CT molecular complexity index is 346. The van der Waals surface area contributed by atoms with Gasteiger partial charge in [-0.15, -0.1) is 24.1 Å². The zero-order valence-corrected chi connectivity index (χ0v) is 12.9. The second kappa shape index (κ2) is 11.7. The first kappa shape index (κ1) is 22.3. The van der Waals surface area contributed by atoms with E-state index in [1.807, 2.05) is 0 Å². The van der Waals surface area contributed by atoms with Gasteiger partial charge in [-0.3, -0.25) is 0 Å². The van der Waals surface area contributed by atoms with Crippen LogP contribution in [-0.2, 0) is 9.53 Å². The predicted molar refractivity (Wildman–Crippen MR) is 77.8 cm³/mol. The number of alkyl halides is 4. The first-order valence-electron chi connectivity index (χ1n) is 5.83. The molecule has 0 amide bonds. The van der Waals surface area contributed by atoms with E-state index in [4.69, 9.17) is 28.0 Å². The minimum atomic E-state index is -4.26. The van der Waals surface area contributed by atoms with Crippen LogP contribution in [0, 0.1) is 22.3 Å². The van der Waals surface area contributed by atoms with E-state index in [1.54, 1.807) is 0 Å². The van der Waals surface area contributed by atoms with Crippen molar-refractivity contribution in [2.45, 2.75) is 42.5 Å². The van der Waals surface area contributed by atoms with Crippen LogP contribution in [0.3, 0.4) is 0 Å². The van der Waals surface area contributed by atoms with Crippen LogP contribution < -0.4 is 0 Å². The number of rotatable bonds is 8. The maximum atomic E-state index is 12.1. The van der Waals surface area contributed by atoms with E-state index in [0.717, 1.165) is 18.9 Å². The topological polar surface area (TPSA) is 60.4 Å². The van der Waals surface area contributed by atoms with Crippen molar-refractivity contribution < 1.29 is 22.7 Å². The number of methoxy groups -OCH3 is 1. The molecule has 0 rings (SSSR count). The Morgan fingerprint density at radius 1 is 1.29 bits per heavy atom. The van der Waals surface area contributed by atoms with Crippen molar-refractivity contribution in [1.82, 2.24) is 0 Å². The van der Waals surface area contributed by atoms with Crippen molar-refractivity contribution >= 4 is 29.3 Å². The molecule has 21 heavy (non-hydrogen) atoms. The van der Waals surface area contributed by atoms with E-state index >= 15 is 0 Å². The maximum Gasteiger partial charge on any atom is 0.389 e. The van der Waals surface area contributed by atoms with Gasteiger partial charge in [0.05, 0.1) is 13.5 Å². The summed E-state index contributed by atoms with van der Waals surface area (Å²) in [6, 6.07) is 0. The van der Waals surface area contributed by atoms with Crippen LogP contribution in [0.1, 0.15) is 32.1 Å². The average molecular weight is 349 g/mol. The summed E-state index contributed by atoms with van der Waals surface area (Å²) >= 11 is 6.83. The molecule has 0 radical (unpaired) electrons. The summed E-state index contributed by atoms with van der Waals surface area (Å²) in [4.78, 5) is 25.6. The molecule has 0 aliphatic rings. The number of hydrogen-bond acceptors (Lipinski definition) is 5. The van der Waals surface area contributed by atoms with Crippen LogP contribution >= 0.6 is 23.4 Å². The quantitative estimate of drug-likeness (QED) is 0.287. The number of esters is 1. The highest BCUT2D eigenvalue weighted by atomic mass is 35.5. The summed E-state index contributed by atoms with van der Waals surface area (Å²) in [6.07, 6.45) is 1.83. The van der Waals surface area contributed by atoms with E-state index in [0.29, 0.717) is 19.3 Å².